The second kappa shape index (κ2) is 11.0. The van der Waals surface area contributed by atoms with Gasteiger partial charge in [0.1, 0.15) is 30.5 Å². The van der Waals surface area contributed by atoms with E-state index in [-0.39, 0.29) is 18.4 Å². The molecule has 0 aromatic heterocycles. The van der Waals surface area contributed by atoms with Gasteiger partial charge in [-0.05, 0) is 46.7 Å². The molecule has 2 saturated heterocycles. The molecule has 0 aromatic carbocycles. The molecule has 4 N–H and O–H groups in total. The summed E-state index contributed by atoms with van der Waals surface area (Å²) >= 11 is 0. The topological polar surface area (TPSA) is 127 Å². The largest absolute Gasteiger partial charge is 0.387 e. The van der Waals surface area contributed by atoms with E-state index in [0.717, 1.165) is 0 Å². The van der Waals surface area contributed by atoms with Gasteiger partial charge in [-0.15, -0.1) is 0 Å². The normalized spacial score (nSPS) is 37.4. The van der Waals surface area contributed by atoms with Crippen molar-refractivity contribution in [2.75, 3.05) is 13.1 Å². The van der Waals surface area contributed by atoms with Crippen molar-refractivity contribution in [2.24, 2.45) is 5.41 Å². The number of hydrogen-bond donors (Lipinski definition) is 4. The molecule has 186 valence electrons. The Hall–Kier alpha value is -0.910. The van der Waals surface area contributed by atoms with Crippen molar-refractivity contribution in [3.8, 4) is 0 Å². The number of ketones is 1. The van der Waals surface area contributed by atoms with Crippen molar-refractivity contribution in [1.82, 2.24) is 5.32 Å². The van der Waals surface area contributed by atoms with Crippen molar-refractivity contribution in [3.63, 3.8) is 0 Å². The number of nitrogens with one attached hydrogen (secondary N) is 1. The number of hydrogen-bond acceptors (Lipinski definition) is 9. The van der Waals surface area contributed by atoms with Crippen LogP contribution in [0.25, 0.3) is 0 Å². The summed E-state index contributed by atoms with van der Waals surface area (Å²) in [7, 11) is 0. The second-order valence-corrected chi connectivity index (χ2v) is 10.2. The molecule has 9 heteroatoms. The Morgan fingerprint density at radius 1 is 1.16 bits per heavy atom. The number of carbonyl (C=O) groups is 1. The van der Waals surface area contributed by atoms with Gasteiger partial charge in [-0.25, -0.2) is 0 Å². The number of carbonyl (C=O) groups excluding carboxylic acids is 1. The zero-order valence-corrected chi connectivity index (χ0v) is 20.1. The zero-order chi connectivity index (χ0) is 24.3. The molecule has 0 spiro atoms. The molecule has 2 fully saturated rings. The van der Waals surface area contributed by atoms with Crippen LogP contribution in [0.4, 0.5) is 0 Å². The molecule has 32 heavy (non-hydrogen) atoms. The van der Waals surface area contributed by atoms with E-state index in [9.17, 15) is 20.1 Å². The third-order valence-corrected chi connectivity index (χ3v) is 6.16. The van der Waals surface area contributed by atoms with Gasteiger partial charge in [0, 0.05) is 18.4 Å². The first kappa shape index (κ1) is 27.3. The van der Waals surface area contributed by atoms with Crippen LogP contribution in [0.3, 0.4) is 0 Å². The Morgan fingerprint density at radius 3 is 2.34 bits per heavy atom. The number of ether oxygens (including phenoxy) is 4. The number of rotatable bonds is 10. The average Bonchev–Trinajstić information content (AvgIpc) is 2.89. The first-order valence-corrected chi connectivity index (χ1v) is 11.3. The van der Waals surface area contributed by atoms with E-state index in [1.54, 1.807) is 0 Å². The summed E-state index contributed by atoms with van der Waals surface area (Å²) in [6, 6.07) is 0. The molecule has 8 atom stereocenters. The monoisotopic (exact) mass is 459 g/mol. The van der Waals surface area contributed by atoms with Gasteiger partial charge < -0.3 is 39.6 Å². The zero-order valence-electron chi connectivity index (χ0n) is 20.1. The lowest BCUT2D eigenvalue weighted by molar-refractivity contribution is -0.338. The molecule has 9 nitrogen and oxygen atoms in total. The average molecular weight is 460 g/mol. The highest BCUT2D eigenvalue weighted by atomic mass is 16.7. The van der Waals surface area contributed by atoms with Crippen molar-refractivity contribution in [1.29, 1.82) is 0 Å². The highest BCUT2D eigenvalue weighted by molar-refractivity contribution is 5.88. The van der Waals surface area contributed by atoms with Crippen LogP contribution in [0.2, 0.25) is 0 Å². The molecule has 2 aliphatic rings. The molecule has 2 rings (SSSR count). The van der Waals surface area contributed by atoms with Gasteiger partial charge in [-0.2, -0.15) is 0 Å². The van der Waals surface area contributed by atoms with Crippen LogP contribution < -0.4 is 5.32 Å². The molecule has 0 radical (unpaired) electrons. The van der Waals surface area contributed by atoms with Crippen LogP contribution in [0.15, 0.2) is 12.7 Å². The lowest BCUT2D eigenvalue weighted by Crippen LogP contribution is -2.63. The first-order valence-electron chi connectivity index (χ1n) is 11.3. The molecule has 0 amide bonds. The van der Waals surface area contributed by atoms with Crippen molar-refractivity contribution < 1.29 is 39.1 Å². The van der Waals surface area contributed by atoms with E-state index in [1.807, 2.05) is 41.5 Å². The fourth-order valence-corrected chi connectivity index (χ4v) is 3.72. The molecule has 8 unspecified atom stereocenters. The summed E-state index contributed by atoms with van der Waals surface area (Å²) < 4.78 is 23.6. The third-order valence-electron chi connectivity index (χ3n) is 6.16. The second-order valence-electron chi connectivity index (χ2n) is 10.2. The Morgan fingerprint density at radius 2 is 1.81 bits per heavy atom. The SMILES string of the molecule is C=CC(=O)CCCNCC1OC(OC(C)(C)C)C(O)C(O)C1OC1OC(C)C(C)(C)C1O. The van der Waals surface area contributed by atoms with Gasteiger partial charge in [0.05, 0.1) is 11.7 Å². The summed E-state index contributed by atoms with van der Waals surface area (Å²) in [5.74, 6) is -0.0248. The summed E-state index contributed by atoms with van der Waals surface area (Å²) in [4.78, 5) is 11.4. The Kier molecular flexibility index (Phi) is 9.41. The predicted molar refractivity (Wildman–Crippen MR) is 118 cm³/mol. The predicted octanol–water partition coefficient (Wildman–Crippen LogP) is 0.890. The maximum Gasteiger partial charge on any atom is 0.187 e. The summed E-state index contributed by atoms with van der Waals surface area (Å²) in [6.07, 6.45) is -5.21. The lowest BCUT2D eigenvalue weighted by Gasteiger charge is -2.45. The molecule has 2 aliphatic heterocycles. The van der Waals surface area contributed by atoms with Crippen LogP contribution in [0, 0.1) is 5.41 Å². The quantitative estimate of drug-likeness (QED) is 0.278. The van der Waals surface area contributed by atoms with Gasteiger partial charge in [-0.1, -0.05) is 20.4 Å². The van der Waals surface area contributed by atoms with Gasteiger partial charge in [0.2, 0.25) is 0 Å². The first-order chi connectivity index (χ1) is 14.8. The Labute approximate surface area is 191 Å². The maximum absolute atomic E-state index is 11.4. The minimum Gasteiger partial charge on any atom is -0.387 e. The van der Waals surface area contributed by atoms with Crippen LogP contribution >= 0.6 is 0 Å². The van der Waals surface area contributed by atoms with Crippen LogP contribution in [-0.4, -0.2) is 89.0 Å². The number of aliphatic hydroxyl groups is 3. The van der Waals surface area contributed by atoms with E-state index < -0.39 is 54.1 Å². The minimum absolute atomic E-state index is 0.0248. The molecule has 0 aliphatic carbocycles. The molecular formula is C23H41NO8. The fourth-order valence-electron chi connectivity index (χ4n) is 3.72. The van der Waals surface area contributed by atoms with Crippen molar-refractivity contribution >= 4 is 5.78 Å². The Balaban J connectivity index is 2.09. The van der Waals surface area contributed by atoms with Crippen LogP contribution in [0.1, 0.15) is 54.4 Å². The summed E-state index contributed by atoms with van der Waals surface area (Å²) in [6.45, 7) is 15.4. The van der Waals surface area contributed by atoms with E-state index in [2.05, 4.69) is 11.9 Å². The van der Waals surface area contributed by atoms with E-state index in [0.29, 0.717) is 19.4 Å². The van der Waals surface area contributed by atoms with Crippen molar-refractivity contribution in [2.45, 2.75) is 109 Å². The molecule has 2 heterocycles. The lowest BCUT2D eigenvalue weighted by atomic mass is 9.84. The molecule has 0 saturated carbocycles. The maximum atomic E-state index is 11.4. The van der Waals surface area contributed by atoms with E-state index in [4.69, 9.17) is 18.9 Å². The highest BCUT2D eigenvalue weighted by Crippen LogP contribution is 2.40. The highest BCUT2D eigenvalue weighted by Gasteiger charge is 2.53. The molecule has 0 aromatic rings. The van der Waals surface area contributed by atoms with Gasteiger partial charge >= 0.3 is 0 Å². The molecular weight excluding hydrogens is 418 g/mol. The van der Waals surface area contributed by atoms with Gasteiger partial charge in [0.25, 0.3) is 0 Å². The van der Waals surface area contributed by atoms with Gasteiger partial charge in [-0.3, -0.25) is 4.79 Å². The molecule has 0 bridgehead atoms. The van der Waals surface area contributed by atoms with Crippen LogP contribution in [-0.2, 0) is 23.7 Å². The summed E-state index contributed by atoms with van der Waals surface area (Å²) in [5, 5.41) is 35.4. The van der Waals surface area contributed by atoms with Crippen LogP contribution in [0.5, 0.6) is 0 Å². The number of aliphatic hydroxyl groups excluding tert-OH is 3. The van der Waals surface area contributed by atoms with Gasteiger partial charge in [0.15, 0.2) is 18.4 Å². The van der Waals surface area contributed by atoms with E-state index in [1.165, 1.54) is 6.08 Å². The fraction of sp³-hybridized carbons (Fsp3) is 0.870. The summed E-state index contributed by atoms with van der Waals surface area (Å²) in [5.41, 5.74) is -1.14. The van der Waals surface area contributed by atoms with E-state index >= 15 is 0 Å². The van der Waals surface area contributed by atoms with Crippen molar-refractivity contribution in [3.05, 3.63) is 12.7 Å². The minimum atomic E-state index is -1.34. The third kappa shape index (κ3) is 6.80. The standard InChI is InChI=1S/C23H41NO8/c1-8-14(25)10-9-11-24-12-15-18(31-21-19(28)23(6,7)13(2)29-21)16(26)17(27)20(30-15)32-22(3,4)5/h8,13,15-21,24,26-28H,1,9-12H2,2-7H3. The smallest absolute Gasteiger partial charge is 0.187 e. The Bertz CT molecular complexity index is 634. The number of allylic oxidation sites excluding steroid dienone is 1.